The maximum atomic E-state index is 13.4. The molecule has 0 unspecified atom stereocenters. The second-order valence-corrected chi connectivity index (χ2v) is 11.6. The number of nitrogens with one attached hydrogen (secondary N) is 1. The molecule has 13 heteroatoms. The fourth-order valence-corrected chi connectivity index (χ4v) is 5.71. The van der Waals surface area contributed by atoms with Gasteiger partial charge in [0.05, 0.1) is 31.3 Å². The lowest BCUT2D eigenvalue weighted by molar-refractivity contribution is -0.130. The van der Waals surface area contributed by atoms with Crippen LogP contribution in [0.5, 0.6) is 23.0 Å². The third kappa shape index (κ3) is 7.35. The highest BCUT2D eigenvalue weighted by Crippen LogP contribution is 2.39. The van der Waals surface area contributed by atoms with Gasteiger partial charge in [-0.05, 0) is 82.9 Å². The molecule has 0 radical (unpaired) electrons. The number of urea groups is 1. The molecule has 1 N–H and O–H groups in total. The number of carbonyl (C=O) groups excluding carboxylic acids is 3. The molecule has 0 saturated carbocycles. The van der Waals surface area contributed by atoms with E-state index in [0.29, 0.717) is 29.2 Å². The zero-order chi connectivity index (χ0) is 31.1. The van der Waals surface area contributed by atoms with Crippen molar-refractivity contribution in [3.63, 3.8) is 0 Å². The van der Waals surface area contributed by atoms with Gasteiger partial charge in [0.25, 0.3) is 11.8 Å². The topological polar surface area (TPSA) is 138 Å². The van der Waals surface area contributed by atoms with E-state index in [1.54, 1.807) is 43.3 Å². The van der Waals surface area contributed by atoms with Crippen LogP contribution < -0.4 is 23.7 Å². The number of imide groups is 2. The average molecular weight is 674 g/mol. The second-order valence-electron chi connectivity index (χ2n) is 9.16. The number of hydrogen-bond acceptors (Lipinski definition) is 9. The van der Waals surface area contributed by atoms with Gasteiger partial charge >= 0.3 is 16.1 Å². The number of barbiturate groups is 1. The Balaban J connectivity index is 1.64. The number of methoxy groups -OCH3 is 1. The molecule has 1 heterocycles. The molecular weight excluding hydrogens is 644 g/mol. The van der Waals surface area contributed by atoms with Gasteiger partial charge in [-0.25, -0.2) is 4.79 Å². The van der Waals surface area contributed by atoms with E-state index >= 15 is 0 Å². The largest absolute Gasteiger partial charge is 0.493 e. The number of nitrogens with zero attached hydrogens (tertiary/aromatic N) is 1. The molecule has 1 aliphatic heterocycles. The van der Waals surface area contributed by atoms with E-state index in [2.05, 4.69) is 21.2 Å². The standard InChI is InChI=1S/C30H29BrN2O9S/c1-4-13-41-24-12-11-19(16-25(24)39-3)18-33-29(35)22(28(34)32-30(33)36)14-20-15-23(31)27(26(17-20)40-5-2)42-43(37,38)21-9-7-6-8-10-21/h6-12,14-17H,4-5,13,18H2,1-3H3,(H,32,34,36)/b22-14+. The fourth-order valence-electron chi connectivity index (χ4n) is 4.09. The lowest BCUT2D eigenvalue weighted by Gasteiger charge is -2.26. The predicted octanol–water partition coefficient (Wildman–Crippen LogP) is 5.07. The van der Waals surface area contributed by atoms with E-state index < -0.39 is 28.0 Å². The number of hydrogen-bond donors (Lipinski definition) is 1. The highest BCUT2D eigenvalue weighted by Gasteiger charge is 2.36. The van der Waals surface area contributed by atoms with Crippen molar-refractivity contribution in [3.05, 3.63) is 81.8 Å². The lowest BCUT2D eigenvalue weighted by atomic mass is 10.1. The molecule has 1 fully saturated rings. The summed E-state index contributed by atoms with van der Waals surface area (Å²) in [6, 6.07) is 14.7. The molecule has 0 spiro atoms. The average Bonchev–Trinajstić information content (AvgIpc) is 2.99. The minimum atomic E-state index is -4.19. The Morgan fingerprint density at radius 2 is 1.67 bits per heavy atom. The van der Waals surface area contributed by atoms with Gasteiger partial charge in [-0.1, -0.05) is 31.2 Å². The van der Waals surface area contributed by atoms with E-state index in [0.717, 1.165) is 11.3 Å². The quantitative estimate of drug-likeness (QED) is 0.159. The Hall–Kier alpha value is -4.36. The first-order chi connectivity index (χ1) is 20.6. The number of carbonyl (C=O) groups is 3. The number of rotatable bonds is 12. The van der Waals surface area contributed by atoms with Crippen LogP contribution in [-0.4, -0.2) is 51.5 Å². The van der Waals surface area contributed by atoms with E-state index in [1.807, 2.05) is 6.92 Å². The van der Waals surface area contributed by atoms with Gasteiger partial charge in [0, 0.05) is 0 Å². The van der Waals surface area contributed by atoms with Crippen molar-refractivity contribution < 1.29 is 41.2 Å². The summed E-state index contributed by atoms with van der Waals surface area (Å²) in [5.41, 5.74) is 0.571. The summed E-state index contributed by atoms with van der Waals surface area (Å²) in [4.78, 5) is 39.6. The van der Waals surface area contributed by atoms with Gasteiger partial charge in [0.2, 0.25) is 0 Å². The van der Waals surface area contributed by atoms with Crippen LogP contribution in [0.2, 0.25) is 0 Å². The Bertz CT molecular complexity index is 1670. The molecule has 3 aromatic carbocycles. The molecule has 43 heavy (non-hydrogen) atoms. The molecule has 4 amide bonds. The first-order valence-electron chi connectivity index (χ1n) is 13.2. The number of halogens is 1. The van der Waals surface area contributed by atoms with Gasteiger partial charge < -0.3 is 18.4 Å². The summed E-state index contributed by atoms with van der Waals surface area (Å²) in [5, 5.41) is 2.19. The molecule has 4 rings (SSSR count). The van der Waals surface area contributed by atoms with Crippen molar-refractivity contribution in [3.8, 4) is 23.0 Å². The molecule has 226 valence electrons. The normalized spacial score (nSPS) is 14.5. The fraction of sp³-hybridized carbons (Fsp3) is 0.233. The van der Waals surface area contributed by atoms with E-state index in [4.69, 9.17) is 18.4 Å². The Morgan fingerprint density at radius 3 is 2.35 bits per heavy atom. The van der Waals surface area contributed by atoms with E-state index in [1.165, 1.54) is 37.5 Å². The van der Waals surface area contributed by atoms with Gasteiger partial charge in [0.15, 0.2) is 23.0 Å². The zero-order valence-electron chi connectivity index (χ0n) is 23.6. The molecule has 0 bridgehead atoms. The van der Waals surface area contributed by atoms with Crippen LogP contribution in [0.25, 0.3) is 6.08 Å². The maximum absolute atomic E-state index is 13.4. The van der Waals surface area contributed by atoms with Crippen LogP contribution in [0.3, 0.4) is 0 Å². The Kier molecular flexibility index (Phi) is 10.1. The van der Waals surface area contributed by atoms with Crippen LogP contribution >= 0.6 is 15.9 Å². The first-order valence-corrected chi connectivity index (χ1v) is 15.4. The summed E-state index contributed by atoms with van der Waals surface area (Å²) >= 11 is 3.32. The van der Waals surface area contributed by atoms with Crippen LogP contribution in [0, 0.1) is 0 Å². The predicted molar refractivity (Wildman–Crippen MR) is 160 cm³/mol. The molecule has 3 aromatic rings. The molecular formula is C30H29BrN2O9S. The first kappa shape index (κ1) is 31.6. The van der Waals surface area contributed by atoms with Crippen LogP contribution in [-0.2, 0) is 26.3 Å². The zero-order valence-corrected chi connectivity index (χ0v) is 26.0. The minimum absolute atomic E-state index is 0.0504. The van der Waals surface area contributed by atoms with E-state index in [9.17, 15) is 22.8 Å². The Labute approximate surface area is 257 Å². The van der Waals surface area contributed by atoms with Gasteiger partial charge in [0.1, 0.15) is 10.5 Å². The van der Waals surface area contributed by atoms with Gasteiger partial charge in [-0.3, -0.25) is 19.8 Å². The van der Waals surface area contributed by atoms with Crippen molar-refractivity contribution in [2.75, 3.05) is 20.3 Å². The molecule has 1 aliphatic rings. The van der Waals surface area contributed by atoms with Crippen LogP contribution in [0.1, 0.15) is 31.4 Å². The van der Waals surface area contributed by atoms with Crippen molar-refractivity contribution in [2.24, 2.45) is 0 Å². The number of ether oxygens (including phenoxy) is 3. The smallest absolute Gasteiger partial charge is 0.339 e. The van der Waals surface area contributed by atoms with Crippen molar-refractivity contribution in [1.29, 1.82) is 0 Å². The maximum Gasteiger partial charge on any atom is 0.339 e. The highest BCUT2D eigenvalue weighted by molar-refractivity contribution is 9.10. The monoisotopic (exact) mass is 672 g/mol. The molecule has 0 aromatic heterocycles. The van der Waals surface area contributed by atoms with Gasteiger partial charge in [-0.2, -0.15) is 8.42 Å². The Morgan fingerprint density at radius 1 is 0.930 bits per heavy atom. The van der Waals surface area contributed by atoms with Crippen molar-refractivity contribution in [2.45, 2.75) is 31.7 Å². The highest BCUT2D eigenvalue weighted by atomic mass is 79.9. The minimum Gasteiger partial charge on any atom is -0.493 e. The molecule has 1 saturated heterocycles. The van der Waals surface area contributed by atoms with E-state index in [-0.39, 0.29) is 39.6 Å². The van der Waals surface area contributed by atoms with Crippen molar-refractivity contribution >= 4 is 50.0 Å². The molecule has 0 aliphatic carbocycles. The summed E-state index contributed by atoms with van der Waals surface area (Å²) in [5.74, 6) is -0.791. The summed E-state index contributed by atoms with van der Waals surface area (Å²) in [7, 11) is -2.71. The number of benzene rings is 3. The summed E-state index contributed by atoms with van der Waals surface area (Å²) in [6.45, 7) is 4.20. The summed E-state index contributed by atoms with van der Waals surface area (Å²) < 4.78 is 48.0. The lowest BCUT2D eigenvalue weighted by Crippen LogP contribution is -2.53. The van der Waals surface area contributed by atoms with Crippen LogP contribution in [0.15, 0.2) is 75.6 Å². The number of amides is 4. The summed E-state index contributed by atoms with van der Waals surface area (Å²) in [6.07, 6.45) is 2.09. The molecule has 11 nitrogen and oxygen atoms in total. The van der Waals surface area contributed by atoms with Crippen molar-refractivity contribution in [1.82, 2.24) is 10.2 Å². The van der Waals surface area contributed by atoms with Crippen LogP contribution in [0.4, 0.5) is 4.79 Å². The SMILES string of the molecule is CCCOc1ccc(CN2C(=O)NC(=O)/C(=C\c3cc(Br)c(OS(=O)(=O)c4ccccc4)c(OCC)c3)C2=O)cc1OC. The third-order valence-corrected chi connectivity index (χ3v) is 7.91. The molecule has 0 atom stereocenters. The third-order valence-electron chi connectivity index (χ3n) is 6.08. The second kappa shape index (κ2) is 13.7. The van der Waals surface area contributed by atoms with Gasteiger partial charge in [-0.15, -0.1) is 0 Å².